The topological polar surface area (TPSA) is 23.6 Å². The number of amides is 1. The molecular weight excluding hydrogens is 316 g/mol. The number of rotatable bonds is 3. The van der Waals surface area contributed by atoms with Gasteiger partial charge < -0.3 is 9.80 Å². The van der Waals surface area contributed by atoms with Gasteiger partial charge in [-0.15, -0.1) is 0 Å². The smallest absolute Gasteiger partial charge is 0.242 e. The lowest BCUT2D eigenvalue weighted by molar-refractivity contribution is -0.128. The Morgan fingerprint density at radius 2 is 2.20 bits per heavy atom. The average Bonchev–Trinajstić information content (AvgIpc) is 3.21. The van der Waals surface area contributed by atoms with E-state index in [0.29, 0.717) is 12.6 Å². The molecule has 1 aliphatic heterocycles. The highest BCUT2D eigenvalue weighted by Gasteiger charge is 2.31. The molecule has 0 saturated heterocycles. The minimum Gasteiger partial charge on any atom is -0.362 e. The van der Waals surface area contributed by atoms with E-state index in [1.54, 1.807) is 0 Å². The second-order valence-corrected chi connectivity index (χ2v) is 6.91. The lowest BCUT2D eigenvalue weighted by atomic mass is 9.98. The van der Waals surface area contributed by atoms with Crippen LogP contribution in [-0.2, 0) is 11.2 Å². The van der Waals surface area contributed by atoms with E-state index in [-0.39, 0.29) is 5.91 Å². The van der Waals surface area contributed by atoms with Gasteiger partial charge in [0.25, 0.3) is 0 Å². The zero-order valence-electron chi connectivity index (χ0n) is 12.2. The van der Waals surface area contributed by atoms with Crippen molar-refractivity contribution in [2.75, 3.05) is 25.0 Å². The van der Waals surface area contributed by atoms with Crippen LogP contribution >= 0.6 is 15.9 Å². The van der Waals surface area contributed by atoms with E-state index in [2.05, 4.69) is 39.9 Å². The van der Waals surface area contributed by atoms with Crippen LogP contribution in [0.25, 0.3) is 0 Å². The summed E-state index contributed by atoms with van der Waals surface area (Å²) in [7, 11) is 1.94. The van der Waals surface area contributed by atoms with E-state index in [0.717, 1.165) is 23.9 Å². The van der Waals surface area contributed by atoms with E-state index in [9.17, 15) is 4.79 Å². The maximum atomic E-state index is 12.4. The third kappa shape index (κ3) is 2.71. The Kier molecular flexibility index (Phi) is 3.76. The number of hydrogen-bond donors (Lipinski definition) is 0. The van der Waals surface area contributed by atoms with Crippen molar-refractivity contribution in [1.82, 2.24) is 4.90 Å². The van der Waals surface area contributed by atoms with Crippen molar-refractivity contribution in [3.63, 3.8) is 0 Å². The Hall–Kier alpha value is -1.03. The molecular formula is C16H21BrN2O. The van der Waals surface area contributed by atoms with Gasteiger partial charge in [-0.25, -0.2) is 0 Å². The summed E-state index contributed by atoms with van der Waals surface area (Å²) in [6.07, 6.45) is 4.58. The first-order valence-corrected chi connectivity index (χ1v) is 8.15. The molecule has 108 valence electrons. The van der Waals surface area contributed by atoms with Crippen LogP contribution in [0.4, 0.5) is 5.69 Å². The number of nitrogens with zero attached hydrogens (tertiary/aromatic N) is 2. The molecule has 0 radical (unpaired) electrons. The number of carbonyl (C=O) groups is 1. The first-order valence-electron chi connectivity index (χ1n) is 7.36. The zero-order valence-corrected chi connectivity index (χ0v) is 13.7. The van der Waals surface area contributed by atoms with E-state index >= 15 is 0 Å². The van der Waals surface area contributed by atoms with Crippen LogP contribution in [0.1, 0.15) is 30.4 Å². The van der Waals surface area contributed by atoms with Crippen LogP contribution in [0.15, 0.2) is 16.6 Å². The second kappa shape index (κ2) is 5.40. The SMILES string of the molecule is Cc1cc(Br)cc2c1N(CC(=O)N(C)C1CC1)CCC2. The highest BCUT2D eigenvalue weighted by Crippen LogP contribution is 2.33. The summed E-state index contributed by atoms with van der Waals surface area (Å²) >= 11 is 3.57. The first kappa shape index (κ1) is 13.9. The predicted molar refractivity (Wildman–Crippen MR) is 85.2 cm³/mol. The molecule has 0 atom stereocenters. The fraction of sp³-hybridized carbons (Fsp3) is 0.562. The van der Waals surface area contributed by atoms with Gasteiger partial charge in [0.2, 0.25) is 5.91 Å². The Morgan fingerprint density at radius 1 is 1.45 bits per heavy atom. The fourth-order valence-electron chi connectivity index (χ4n) is 3.12. The molecule has 2 aliphatic rings. The molecule has 0 bridgehead atoms. The second-order valence-electron chi connectivity index (χ2n) is 5.99. The van der Waals surface area contributed by atoms with Gasteiger partial charge in [-0.2, -0.15) is 0 Å². The molecule has 1 aliphatic carbocycles. The number of benzene rings is 1. The predicted octanol–water partition coefficient (Wildman–Crippen LogP) is 3.13. The highest BCUT2D eigenvalue weighted by atomic mass is 79.9. The zero-order chi connectivity index (χ0) is 14.3. The number of carbonyl (C=O) groups excluding carboxylic acids is 1. The number of likely N-dealkylation sites (N-methyl/N-ethyl adjacent to an activating group) is 1. The summed E-state index contributed by atoms with van der Waals surface area (Å²) in [5.74, 6) is 0.252. The monoisotopic (exact) mass is 336 g/mol. The molecule has 1 aromatic carbocycles. The van der Waals surface area contributed by atoms with Crippen LogP contribution in [0.5, 0.6) is 0 Å². The standard InChI is InChI=1S/C16H21BrN2O/c1-11-8-13(17)9-12-4-3-7-19(16(11)12)10-15(20)18(2)14-5-6-14/h8-9,14H,3-7,10H2,1-2H3. The van der Waals surface area contributed by atoms with E-state index < -0.39 is 0 Å². The fourth-order valence-corrected chi connectivity index (χ4v) is 3.74. The van der Waals surface area contributed by atoms with Crippen molar-refractivity contribution < 1.29 is 4.79 Å². The van der Waals surface area contributed by atoms with Crippen LogP contribution in [0.2, 0.25) is 0 Å². The maximum absolute atomic E-state index is 12.4. The van der Waals surface area contributed by atoms with Gasteiger partial charge in [-0.05, 0) is 55.9 Å². The van der Waals surface area contributed by atoms with Crippen molar-refractivity contribution in [3.8, 4) is 0 Å². The van der Waals surface area contributed by atoms with Crippen molar-refractivity contribution in [2.45, 2.75) is 38.6 Å². The van der Waals surface area contributed by atoms with Crippen LogP contribution in [0, 0.1) is 6.92 Å². The summed E-state index contributed by atoms with van der Waals surface area (Å²) in [6, 6.07) is 4.84. The Bertz CT molecular complexity index is 540. The number of fused-ring (bicyclic) bond motifs is 1. The van der Waals surface area contributed by atoms with Gasteiger partial charge in [0.15, 0.2) is 0 Å². The van der Waals surface area contributed by atoms with Gasteiger partial charge >= 0.3 is 0 Å². The third-order valence-electron chi connectivity index (χ3n) is 4.35. The minimum absolute atomic E-state index is 0.252. The molecule has 1 amide bonds. The molecule has 1 fully saturated rings. The molecule has 3 rings (SSSR count). The summed E-state index contributed by atoms with van der Waals surface area (Å²) in [6.45, 7) is 3.64. The van der Waals surface area contributed by atoms with E-state index in [1.165, 1.54) is 29.7 Å². The van der Waals surface area contributed by atoms with Gasteiger partial charge in [0, 0.05) is 29.8 Å². The van der Waals surface area contributed by atoms with Crippen LogP contribution in [0.3, 0.4) is 0 Å². The molecule has 1 saturated carbocycles. The summed E-state index contributed by atoms with van der Waals surface area (Å²) in [4.78, 5) is 16.6. The maximum Gasteiger partial charge on any atom is 0.242 e. The molecule has 1 heterocycles. The molecule has 0 spiro atoms. The Labute approximate surface area is 129 Å². The molecule has 0 N–H and O–H groups in total. The molecule has 1 aromatic rings. The van der Waals surface area contributed by atoms with Crippen molar-refractivity contribution in [2.24, 2.45) is 0 Å². The van der Waals surface area contributed by atoms with Crippen molar-refractivity contribution in [1.29, 1.82) is 0 Å². The molecule has 0 unspecified atom stereocenters. The van der Waals surface area contributed by atoms with Crippen molar-refractivity contribution >= 4 is 27.5 Å². The van der Waals surface area contributed by atoms with E-state index in [4.69, 9.17) is 0 Å². The number of hydrogen-bond acceptors (Lipinski definition) is 2. The molecule has 0 aromatic heterocycles. The van der Waals surface area contributed by atoms with Gasteiger partial charge in [0.1, 0.15) is 0 Å². The average molecular weight is 337 g/mol. The quantitative estimate of drug-likeness (QED) is 0.846. The molecule has 3 nitrogen and oxygen atoms in total. The molecule has 20 heavy (non-hydrogen) atoms. The summed E-state index contributed by atoms with van der Waals surface area (Å²) < 4.78 is 1.14. The van der Waals surface area contributed by atoms with E-state index in [1.807, 2.05) is 11.9 Å². The number of aryl methyl sites for hydroxylation is 2. The third-order valence-corrected chi connectivity index (χ3v) is 4.81. The minimum atomic E-state index is 0.252. The number of anilines is 1. The molecule has 4 heteroatoms. The van der Waals surface area contributed by atoms with Gasteiger partial charge in [-0.3, -0.25) is 4.79 Å². The van der Waals surface area contributed by atoms with Gasteiger partial charge in [0.05, 0.1) is 6.54 Å². The summed E-state index contributed by atoms with van der Waals surface area (Å²) in [5, 5.41) is 0. The van der Waals surface area contributed by atoms with Gasteiger partial charge in [-0.1, -0.05) is 15.9 Å². The Balaban J connectivity index is 1.81. The highest BCUT2D eigenvalue weighted by molar-refractivity contribution is 9.10. The first-order chi connectivity index (χ1) is 9.56. The normalized spacial score (nSPS) is 17.9. The lowest BCUT2D eigenvalue weighted by Crippen LogP contribution is -2.41. The van der Waals surface area contributed by atoms with Crippen LogP contribution in [-0.4, -0.2) is 37.0 Å². The number of halogens is 1. The summed E-state index contributed by atoms with van der Waals surface area (Å²) in [5.41, 5.74) is 3.90. The van der Waals surface area contributed by atoms with Crippen molar-refractivity contribution in [3.05, 3.63) is 27.7 Å². The largest absolute Gasteiger partial charge is 0.362 e. The van der Waals surface area contributed by atoms with Crippen LogP contribution < -0.4 is 4.90 Å². The lowest BCUT2D eigenvalue weighted by Gasteiger charge is -2.33. The Morgan fingerprint density at radius 3 is 2.90 bits per heavy atom.